The minimum atomic E-state index is -4.09. The van der Waals surface area contributed by atoms with Gasteiger partial charge in [0.05, 0.1) is 21.2 Å². The van der Waals surface area contributed by atoms with E-state index in [1.54, 1.807) is 39.0 Å². The van der Waals surface area contributed by atoms with Crippen LogP contribution in [-0.4, -0.2) is 32.4 Å². The van der Waals surface area contributed by atoms with Crippen LogP contribution in [0.15, 0.2) is 45.8 Å². The quantitative estimate of drug-likeness (QED) is 0.453. The lowest BCUT2D eigenvalue weighted by Crippen LogP contribution is -2.45. The number of halogens is 2. The first-order chi connectivity index (χ1) is 14.8. The molecule has 2 rings (SSSR count). The highest BCUT2D eigenvalue weighted by Gasteiger charge is 2.29. The van der Waals surface area contributed by atoms with Gasteiger partial charge in [-0.2, -0.15) is 0 Å². The third kappa shape index (κ3) is 6.44. The van der Waals surface area contributed by atoms with Crippen LogP contribution in [0.1, 0.15) is 29.8 Å². The summed E-state index contributed by atoms with van der Waals surface area (Å²) in [4.78, 5) is 35.5. The Hall–Kier alpha value is -2.63. The monoisotopic (exact) mass is 545 g/mol. The number of hydrogen-bond acceptors (Lipinski definition) is 6. The molecule has 0 saturated heterocycles. The highest BCUT2D eigenvalue weighted by atomic mass is 79.9. The molecule has 0 fully saturated rings. The molecule has 9 nitrogen and oxygen atoms in total. The van der Waals surface area contributed by atoms with Crippen LogP contribution in [0, 0.1) is 12.8 Å². The summed E-state index contributed by atoms with van der Waals surface area (Å²) >= 11 is 9.36. The number of amides is 3. The fourth-order valence-corrected chi connectivity index (χ4v) is 4.38. The maximum atomic E-state index is 12.9. The van der Waals surface area contributed by atoms with E-state index in [9.17, 15) is 22.8 Å². The third-order valence-corrected chi connectivity index (χ3v) is 6.56. The minimum absolute atomic E-state index is 0.0801. The van der Waals surface area contributed by atoms with Crippen LogP contribution in [0.5, 0.6) is 0 Å². The molecule has 172 valence electrons. The first kappa shape index (κ1) is 25.6. The summed E-state index contributed by atoms with van der Waals surface area (Å²) in [6.45, 7) is 4.98. The van der Waals surface area contributed by atoms with Gasteiger partial charge in [-0.15, -0.1) is 0 Å². The van der Waals surface area contributed by atoms with Gasteiger partial charge < -0.3 is 10.5 Å². The number of nitrogens with one attached hydrogen (secondary N) is 2. The molecule has 12 heteroatoms. The number of carbonyl (C=O) groups excluding carboxylic acids is 3. The highest BCUT2D eigenvalue weighted by molar-refractivity contribution is 9.10. The number of carbonyl (C=O) groups is 3. The maximum Gasteiger partial charge on any atom is 0.340 e. The van der Waals surface area contributed by atoms with E-state index >= 15 is 0 Å². The molecular weight excluding hydrogens is 526 g/mol. The van der Waals surface area contributed by atoms with Crippen LogP contribution < -0.4 is 15.8 Å². The number of nitrogens with two attached hydrogens (primary N) is 1. The molecule has 0 aliphatic heterocycles. The van der Waals surface area contributed by atoms with Gasteiger partial charge in [0, 0.05) is 4.47 Å². The summed E-state index contributed by atoms with van der Waals surface area (Å²) in [5, 5.41) is 1.77. The van der Waals surface area contributed by atoms with Crippen LogP contribution in [0.25, 0.3) is 0 Å². The third-order valence-electron chi connectivity index (χ3n) is 4.18. The number of aryl methyl sites for hydroxylation is 1. The molecule has 0 saturated carbocycles. The molecule has 0 aromatic heterocycles. The number of hydrogen-bond donors (Lipinski definition) is 3. The standard InChI is InChI=1S/C20H21BrClN3O6S/c1-10(2)17(18(26)24-20(23)28)31-19(27)13-9-12(5-7-15(13)22)32(29,30)25-16-8-11(3)4-6-14(16)21/h4-10,17,25H,1-3H3,(H3,23,24,26,28)/t17-/m1/s1. The Morgan fingerprint density at radius 1 is 1.12 bits per heavy atom. The number of urea groups is 1. The Morgan fingerprint density at radius 3 is 2.38 bits per heavy atom. The van der Waals surface area contributed by atoms with E-state index in [-0.39, 0.29) is 15.5 Å². The van der Waals surface area contributed by atoms with E-state index in [4.69, 9.17) is 22.1 Å². The van der Waals surface area contributed by atoms with Gasteiger partial charge in [-0.1, -0.05) is 31.5 Å². The van der Waals surface area contributed by atoms with Gasteiger partial charge in [-0.3, -0.25) is 14.8 Å². The Kier molecular flexibility index (Phi) is 8.27. The number of rotatable bonds is 7. The van der Waals surface area contributed by atoms with E-state index < -0.39 is 40.0 Å². The van der Waals surface area contributed by atoms with E-state index in [2.05, 4.69) is 20.7 Å². The van der Waals surface area contributed by atoms with Gasteiger partial charge in [-0.25, -0.2) is 18.0 Å². The average Bonchev–Trinajstić information content (AvgIpc) is 2.67. The normalized spacial score (nSPS) is 12.2. The van der Waals surface area contributed by atoms with Crippen LogP contribution in [0.2, 0.25) is 5.02 Å². The second-order valence-corrected chi connectivity index (χ2v) is 10.1. The van der Waals surface area contributed by atoms with Crippen molar-refractivity contribution in [3.05, 3.63) is 57.0 Å². The minimum Gasteiger partial charge on any atom is -0.448 e. The van der Waals surface area contributed by atoms with Gasteiger partial charge in [0.15, 0.2) is 6.10 Å². The van der Waals surface area contributed by atoms with Crippen molar-refractivity contribution in [1.29, 1.82) is 0 Å². The average molecular weight is 547 g/mol. The molecule has 0 bridgehead atoms. The van der Waals surface area contributed by atoms with Crippen molar-refractivity contribution in [2.45, 2.75) is 31.8 Å². The van der Waals surface area contributed by atoms with E-state index in [1.807, 2.05) is 5.32 Å². The zero-order valence-corrected chi connectivity index (χ0v) is 20.5. The van der Waals surface area contributed by atoms with Crippen molar-refractivity contribution < 1.29 is 27.5 Å². The Labute approximate surface area is 198 Å². The van der Waals surface area contributed by atoms with Crippen molar-refractivity contribution in [2.75, 3.05) is 4.72 Å². The van der Waals surface area contributed by atoms with Crippen molar-refractivity contribution in [3.63, 3.8) is 0 Å². The van der Waals surface area contributed by atoms with Crippen molar-refractivity contribution in [3.8, 4) is 0 Å². The summed E-state index contributed by atoms with van der Waals surface area (Å²) in [7, 11) is -4.09. The lowest BCUT2D eigenvalue weighted by Gasteiger charge is -2.20. The van der Waals surface area contributed by atoms with Crippen molar-refractivity contribution >= 4 is 61.1 Å². The smallest absolute Gasteiger partial charge is 0.340 e. The molecule has 0 spiro atoms. The predicted molar refractivity (Wildman–Crippen MR) is 123 cm³/mol. The molecule has 32 heavy (non-hydrogen) atoms. The van der Waals surface area contributed by atoms with E-state index in [0.29, 0.717) is 10.2 Å². The summed E-state index contributed by atoms with van der Waals surface area (Å²) in [5.41, 5.74) is 5.82. The highest BCUT2D eigenvalue weighted by Crippen LogP contribution is 2.28. The molecule has 0 radical (unpaired) electrons. The lowest BCUT2D eigenvalue weighted by atomic mass is 10.1. The molecule has 2 aromatic rings. The van der Waals surface area contributed by atoms with Gasteiger partial charge in [-0.05, 0) is 64.7 Å². The second kappa shape index (κ2) is 10.3. The van der Waals surface area contributed by atoms with Gasteiger partial charge in [0.25, 0.3) is 15.9 Å². The summed E-state index contributed by atoms with van der Waals surface area (Å²) in [6.07, 6.45) is -1.35. The number of anilines is 1. The molecule has 1 atom stereocenters. The molecule has 2 aromatic carbocycles. The van der Waals surface area contributed by atoms with Crippen LogP contribution in [0.3, 0.4) is 0 Å². The number of ether oxygens (including phenoxy) is 1. The van der Waals surface area contributed by atoms with E-state index in [1.165, 1.54) is 12.1 Å². The van der Waals surface area contributed by atoms with Gasteiger partial charge in [0.1, 0.15) is 0 Å². The number of primary amides is 1. The lowest BCUT2D eigenvalue weighted by molar-refractivity contribution is -0.130. The molecule has 0 heterocycles. The maximum absolute atomic E-state index is 12.9. The number of benzene rings is 2. The Morgan fingerprint density at radius 2 is 1.78 bits per heavy atom. The first-order valence-corrected chi connectivity index (χ1v) is 11.9. The summed E-state index contributed by atoms with van der Waals surface area (Å²) < 4.78 is 33.9. The fraction of sp³-hybridized carbons (Fsp3) is 0.250. The first-order valence-electron chi connectivity index (χ1n) is 9.21. The Bertz CT molecular complexity index is 1170. The van der Waals surface area contributed by atoms with E-state index in [0.717, 1.165) is 11.6 Å². The molecule has 0 aliphatic carbocycles. The predicted octanol–water partition coefficient (Wildman–Crippen LogP) is 3.59. The van der Waals surface area contributed by atoms with Crippen LogP contribution in [-0.2, 0) is 19.6 Å². The van der Waals surface area contributed by atoms with Gasteiger partial charge >= 0.3 is 12.0 Å². The zero-order valence-electron chi connectivity index (χ0n) is 17.3. The second-order valence-electron chi connectivity index (χ2n) is 7.15. The van der Waals surface area contributed by atoms with Crippen molar-refractivity contribution in [2.24, 2.45) is 11.7 Å². The van der Waals surface area contributed by atoms with Crippen molar-refractivity contribution in [1.82, 2.24) is 5.32 Å². The fourth-order valence-electron chi connectivity index (χ4n) is 2.61. The SMILES string of the molecule is Cc1ccc(Br)c(NS(=O)(=O)c2ccc(Cl)c(C(=O)O[C@@H](C(=O)NC(N)=O)C(C)C)c2)c1. The molecule has 4 N–H and O–H groups in total. The number of sulfonamides is 1. The molecular formula is C20H21BrClN3O6S. The molecule has 0 unspecified atom stereocenters. The largest absolute Gasteiger partial charge is 0.448 e. The molecule has 0 aliphatic rings. The summed E-state index contributed by atoms with van der Waals surface area (Å²) in [6, 6.07) is 7.53. The van der Waals surface area contributed by atoms with Crippen LogP contribution >= 0.6 is 27.5 Å². The molecule has 3 amide bonds. The topological polar surface area (TPSA) is 145 Å². The summed E-state index contributed by atoms with van der Waals surface area (Å²) in [5.74, 6) is -2.46. The Balaban J connectivity index is 2.34. The number of esters is 1. The van der Waals surface area contributed by atoms with Gasteiger partial charge in [0.2, 0.25) is 0 Å². The zero-order chi connectivity index (χ0) is 24.2. The van der Waals surface area contributed by atoms with Crippen LogP contribution in [0.4, 0.5) is 10.5 Å². The number of imide groups is 1.